The Morgan fingerprint density at radius 3 is 2.71 bits per heavy atom. The Labute approximate surface area is 187 Å². The molecule has 4 rings (SSSR count). The number of fused-ring (bicyclic) bond motifs is 1. The van der Waals surface area contributed by atoms with Crippen molar-refractivity contribution in [2.45, 2.75) is 19.6 Å². The molecule has 0 radical (unpaired) electrons. The standard InChI is InChI=1S/C23H20BrN5O2/c1-16(29-21-8-4-3-7-20(21)26-28-29)23(30)27-25-14-18-6-2-5-9-22(18)31-15-17-10-12-19(24)13-11-17/h2-14,16H,15H2,1H3,(H,27,30)/t16-/m1/s1. The number of carbonyl (C=O) groups excluding carboxylic acids is 1. The van der Waals surface area contributed by atoms with Crippen molar-refractivity contribution in [3.63, 3.8) is 0 Å². The molecule has 1 N–H and O–H groups in total. The quantitative estimate of drug-likeness (QED) is 0.314. The molecule has 0 bridgehead atoms. The number of nitrogens with one attached hydrogen (secondary N) is 1. The molecule has 0 saturated carbocycles. The molecule has 3 aromatic carbocycles. The average Bonchev–Trinajstić information content (AvgIpc) is 3.23. The van der Waals surface area contributed by atoms with Crippen LogP contribution in [0.2, 0.25) is 0 Å². The third-order valence-corrected chi connectivity index (χ3v) is 5.26. The van der Waals surface area contributed by atoms with E-state index in [1.807, 2.05) is 72.8 Å². The summed E-state index contributed by atoms with van der Waals surface area (Å²) in [5.41, 5.74) is 5.92. The lowest BCUT2D eigenvalue weighted by atomic mass is 10.2. The van der Waals surface area contributed by atoms with E-state index in [0.717, 1.165) is 26.6 Å². The minimum Gasteiger partial charge on any atom is -0.488 e. The Bertz CT molecular complexity index is 1220. The lowest BCUT2D eigenvalue weighted by Gasteiger charge is -2.11. The van der Waals surface area contributed by atoms with E-state index >= 15 is 0 Å². The van der Waals surface area contributed by atoms with Crippen molar-refractivity contribution >= 4 is 39.1 Å². The highest BCUT2D eigenvalue weighted by Crippen LogP contribution is 2.19. The van der Waals surface area contributed by atoms with Gasteiger partial charge in [0.15, 0.2) is 0 Å². The molecule has 0 aliphatic carbocycles. The van der Waals surface area contributed by atoms with Gasteiger partial charge >= 0.3 is 0 Å². The molecule has 31 heavy (non-hydrogen) atoms. The van der Waals surface area contributed by atoms with Crippen molar-refractivity contribution in [1.82, 2.24) is 20.4 Å². The lowest BCUT2D eigenvalue weighted by Crippen LogP contribution is -2.28. The van der Waals surface area contributed by atoms with Crippen LogP contribution in [0.5, 0.6) is 5.75 Å². The van der Waals surface area contributed by atoms with Gasteiger partial charge < -0.3 is 4.74 Å². The fourth-order valence-corrected chi connectivity index (χ4v) is 3.27. The minimum absolute atomic E-state index is 0.292. The maximum atomic E-state index is 12.5. The zero-order chi connectivity index (χ0) is 21.6. The molecule has 1 amide bonds. The first-order valence-corrected chi connectivity index (χ1v) is 10.5. The highest BCUT2D eigenvalue weighted by molar-refractivity contribution is 9.10. The predicted octanol–water partition coefficient (Wildman–Crippen LogP) is 4.48. The van der Waals surface area contributed by atoms with Crippen molar-refractivity contribution in [3.05, 3.63) is 88.4 Å². The van der Waals surface area contributed by atoms with Crippen LogP contribution in [0.25, 0.3) is 11.0 Å². The van der Waals surface area contributed by atoms with Gasteiger partial charge in [-0.25, -0.2) is 10.1 Å². The van der Waals surface area contributed by atoms with Crippen LogP contribution in [0.4, 0.5) is 0 Å². The van der Waals surface area contributed by atoms with Gasteiger partial charge in [0, 0.05) is 10.0 Å². The summed E-state index contributed by atoms with van der Waals surface area (Å²) >= 11 is 3.43. The Hall–Kier alpha value is -3.52. The normalized spacial score (nSPS) is 12.2. The van der Waals surface area contributed by atoms with Gasteiger partial charge in [-0.15, -0.1) is 5.10 Å². The van der Waals surface area contributed by atoms with E-state index in [0.29, 0.717) is 12.4 Å². The zero-order valence-corrected chi connectivity index (χ0v) is 18.4. The number of amides is 1. The summed E-state index contributed by atoms with van der Waals surface area (Å²) in [5.74, 6) is 0.388. The number of ether oxygens (including phenoxy) is 1. The molecule has 1 heterocycles. The fraction of sp³-hybridized carbons (Fsp3) is 0.130. The minimum atomic E-state index is -0.562. The van der Waals surface area contributed by atoms with Gasteiger partial charge in [0.1, 0.15) is 23.9 Å². The number of nitrogens with zero attached hydrogens (tertiary/aromatic N) is 4. The number of benzene rings is 3. The van der Waals surface area contributed by atoms with E-state index < -0.39 is 6.04 Å². The molecule has 4 aromatic rings. The third-order valence-electron chi connectivity index (χ3n) is 4.73. The predicted molar refractivity (Wildman–Crippen MR) is 123 cm³/mol. The highest BCUT2D eigenvalue weighted by Gasteiger charge is 2.18. The Balaban J connectivity index is 1.40. The number of rotatable bonds is 7. The first kappa shape index (κ1) is 20.7. The Kier molecular flexibility index (Phi) is 6.37. The molecule has 7 nitrogen and oxygen atoms in total. The van der Waals surface area contributed by atoms with Crippen molar-refractivity contribution in [1.29, 1.82) is 0 Å². The summed E-state index contributed by atoms with van der Waals surface area (Å²) < 4.78 is 8.53. The molecule has 1 atom stereocenters. The number of hydrogen-bond acceptors (Lipinski definition) is 5. The van der Waals surface area contributed by atoms with Crippen LogP contribution in [0, 0.1) is 0 Å². The number of hydrogen-bond donors (Lipinski definition) is 1. The SMILES string of the molecule is C[C@H](C(=O)NN=Cc1ccccc1OCc1ccc(Br)cc1)n1nnc2ccccc21. The van der Waals surface area contributed by atoms with E-state index in [4.69, 9.17) is 4.74 Å². The van der Waals surface area contributed by atoms with Gasteiger partial charge in [-0.05, 0) is 48.9 Å². The molecule has 1 aromatic heterocycles. The molecule has 0 spiro atoms. The number of aromatic nitrogens is 3. The van der Waals surface area contributed by atoms with Crippen molar-refractivity contribution in [3.8, 4) is 5.75 Å². The number of para-hydroxylation sites is 2. The van der Waals surface area contributed by atoms with Crippen LogP contribution in [0.1, 0.15) is 24.1 Å². The molecule has 0 saturated heterocycles. The summed E-state index contributed by atoms with van der Waals surface area (Å²) in [7, 11) is 0. The Morgan fingerprint density at radius 1 is 1.13 bits per heavy atom. The summed E-state index contributed by atoms with van der Waals surface area (Å²) in [6.45, 7) is 2.18. The molecule has 0 aliphatic rings. The molecule has 0 aliphatic heterocycles. The first-order chi connectivity index (χ1) is 15.1. The van der Waals surface area contributed by atoms with E-state index in [-0.39, 0.29) is 5.91 Å². The second-order valence-electron chi connectivity index (χ2n) is 6.89. The number of carbonyl (C=O) groups is 1. The van der Waals surface area contributed by atoms with Crippen LogP contribution < -0.4 is 10.2 Å². The summed E-state index contributed by atoms with van der Waals surface area (Å²) in [4.78, 5) is 12.5. The molecular weight excluding hydrogens is 458 g/mol. The van der Waals surface area contributed by atoms with Gasteiger partial charge in [0.05, 0.1) is 11.7 Å². The van der Waals surface area contributed by atoms with Crippen LogP contribution >= 0.6 is 15.9 Å². The second-order valence-corrected chi connectivity index (χ2v) is 7.80. The maximum Gasteiger partial charge on any atom is 0.264 e. The monoisotopic (exact) mass is 477 g/mol. The number of hydrazone groups is 1. The second kappa shape index (κ2) is 9.53. The largest absolute Gasteiger partial charge is 0.488 e. The van der Waals surface area contributed by atoms with Crippen molar-refractivity contribution in [2.24, 2.45) is 5.10 Å². The summed E-state index contributed by atoms with van der Waals surface area (Å²) in [5, 5.41) is 12.3. The molecular formula is C23H20BrN5O2. The van der Waals surface area contributed by atoms with E-state index in [1.54, 1.807) is 17.8 Å². The summed E-state index contributed by atoms with van der Waals surface area (Å²) in [6.07, 6.45) is 1.57. The van der Waals surface area contributed by atoms with Crippen LogP contribution in [-0.2, 0) is 11.4 Å². The highest BCUT2D eigenvalue weighted by atomic mass is 79.9. The molecule has 0 fully saturated rings. The van der Waals surface area contributed by atoms with Gasteiger partial charge in [-0.2, -0.15) is 5.10 Å². The summed E-state index contributed by atoms with van der Waals surface area (Å²) in [6, 6.07) is 22.4. The molecule has 156 valence electrons. The van der Waals surface area contributed by atoms with Crippen molar-refractivity contribution < 1.29 is 9.53 Å². The fourth-order valence-electron chi connectivity index (χ4n) is 3.00. The van der Waals surface area contributed by atoms with Crippen LogP contribution in [0.15, 0.2) is 82.4 Å². The number of halogens is 1. The van der Waals surface area contributed by atoms with E-state index in [1.165, 1.54) is 0 Å². The first-order valence-electron chi connectivity index (χ1n) is 9.71. The smallest absolute Gasteiger partial charge is 0.264 e. The van der Waals surface area contributed by atoms with Crippen molar-refractivity contribution in [2.75, 3.05) is 0 Å². The topological polar surface area (TPSA) is 81.4 Å². The maximum absolute atomic E-state index is 12.5. The Morgan fingerprint density at radius 2 is 1.87 bits per heavy atom. The van der Waals surface area contributed by atoms with Crippen LogP contribution in [-0.4, -0.2) is 27.1 Å². The third kappa shape index (κ3) is 4.97. The lowest BCUT2D eigenvalue weighted by molar-refractivity contribution is -0.124. The van der Waals surface area contributed by atoms with Gasteiger partial charge in [0.25, 0.3) is 5.91 Å². The zero-order valence-electron chi connectivity index (χ0n) is 16.8. The van der Waals surface area contributed by atoms with E-state index in [9.17, 15) is 4.79 Å². The average molecular weight is 478 g/mol. The van der Waals surface area contributed by atoms with Gasteiger partial charge in [-0.3, -0.25) is 4.79 Å². The van der Waals surface area contributed by atoms with Gasteiger partial charge in [0.2, 0.25) is 0 Å². The molecule has 0 unspecified atom stereocenters. The van der Waals surface area contributed by atoms with Gasteiger partial charge in [-0.1, -0.05) is 57.5 Å². The molecule has 8 heteroatoms. The van der Waals surface area contributed by atoms with Crippen LogP contribution in [0.3, 0.4) is 0 Å². The van der Waals surface area contributed by atoms with E-state index in [2.05, 4.69) is 36.8 Å².